The van der Waals surface area contributed by atoms with Crippen LogP contribution >= 0.6 is 0 Å². The van der Waals surface area contributed by atoms with Crippen LogP contribution in [0.2, 0.25) is 0 Å². The van der Waals surface area contributed by atoms with E-state index in [2.05, 4.69) is 20.1 Å². The van der Waals surface area contributed by atoms with Gasteiger partial charge in [0.15, 0.2) is 0 Å². The number of methoxy groups -OCH3 is 2. The molecule has 12 nitrogen and oxygen atoms in total. The quantitative estimate of drug-likeness (QED) is 0.0910. The van der Waals surface area contributed by atoms with Gasteiger partial charge in [-0.1, -0.05) is 47.5 Å². The molecule has 0 bridgehead atoms. The predicted octanol–water partition coefficient (Wildman–Crippen LogP) is 8.09. The normalized spacial score (nSPS) is 11.3. The van der Waals surface area contributed by atoms with E-state index in [0.717, 1.165) is 22.3 Å². The van der Waals surface area contributed by atoms with Crippen molar-refractivity contribution in [3.05, 3.63) is 156 Å². The first-order valence-corrected chi connectivity index (χ1v) is 20.1. The Bertz CT molecular complexity index is 2430. The molecule has 286 valence electrons. The molecule has 0 fully saturated rings. The number of sulfonamides is 2. The average molecular weight is 791 g/mol. The van der Waals surface area contributed by atoms with E-state index in [1.807, 2.05) is 13.8 Å². The Morgan fingerprint density at radius 1 is 0.464 bits per heavy atom. The van der Waals surface area contributed by atoms with Crippen LogP contribution in [-0.4, -0.2) is 42.9 Å². The van der Waals surface area contributed by atoms with Crippen LogP contribution in [-0.2, 0) is 20.0 Å². The molecule has 4 N–H and O–H groups in total. The molecule has 2 amide bonds. The number of anilines is 4. The monoisotopic (exact) mass is 790 g/mol. The fourth-order valence-electron chi connectivity index (χ4n) is 5.58. The number of rotatable bonds is 13. The fourth-order valence-corrected chi connectivity index (χ4v) is 7.70. The minimum absolute atomic E-state index is 0.130. The Morgan fingerprint density at radius 3 is 1.12 bits per heavy atom. The average Bonchev–Trinajstić information content (AvgIpc) is 3.18. The standard InChI is InChI=1S/C42H38N4O8S2/c1-27-5-19-35(20-6-27)55(49,50)45-33-15-9-29(10-16-33)41(47)43-37-23-13-31(25-39(37)53-3)32-14-24-38(40(26-32)54-4)44-42(48)30-11-17-34(18-12-30)46-56(51,52)36-21-7-28(2)8-22-36/h5-26,45-46H,1-4H3,(H,43,47)(H,44,48). The van der Waals surface area contributed by atoms with Gasteiger partial charge in [0.25, 0.3) is 31.9 Å². The van der Waals surface area contributed by atoms with Gasteiger partial charge in [-0.3, -0.25) is 19.0 Å². The lowest BCUT2D eigenvalue weighted by molar-refractivity contribution is 0.101. The first-order chi connectivity index (χ1) is 26.7. The minimum atomic E-state index is -3.80. The van der Waals surface area contributed by atoms with Gasteiger partial charge in [0, 0.05) is 22.5 Å². The van der Waals surface area contributed by atoms with Gasteiger partial charge in [-0.05, 0) is 122 Å². The zero-order valence-corrected chi connectivity index (χ0v) is 32.4. The summed E-state index contributed by atoms with van der Waals surface area (Å²) >= 11 is 0. The van der Waals surface area contributed by atoms with Crippen LogP contribution in [0.15, 0.2) is 143 Å². The Hall–Kier alpha value is -6.64. The summed E-state index contributed by atoms with van der Waals surface area (Å²) in [6, 6.07) is 35.6. The molecule has 0 atom stereocenters. The number of ether oxygens (including phenoxy) is 2. The number of benzene rings is 6. The van der Waals surface area contributed by atoms with Gasteiger partial charge >= 0.3 is 0 Å². The smallest absolute Gasteiger partial charge is 0.261 e. The van der Waals surface area contributed by atoms with Crippen molar-refractivity contribution in [2.75, 3.05) is 34.3 Å². The van der Waals surface area contributed by atoms with Gasteiger partial charge in [-0.15, -0.1) is 0 Å². The van der Waals surface area contributed by atoms with Gasteiger partial charge in [0.05, 0.1) is 35.4 Å². The molecule has 0 spiro atoms. The van der Waals surface area contributed by atoms with Gasteiger partial charge < -0.3 is 20.1 Å². The Morgan fingerprint density at radius 2 is 0.804 bits per heavy atom. The number of hydrogen-bond acceptors (Lipinski definition) is 8. The molecule has 0 heterocycles. The summed E-state index contributed by atoms with van der Waals surface area (Å²) in [4.78, 5) is 26.6. The number of carbonyl (C=O) groups excluding carboxylic acids is 2. The number of hydrogen-bond donors (Lipinski definition) is 4. The highest BCUT2D eigenvalue weighted by Crippen LogP contribution is 2.35. The number of nitrogens with one attached hydrogen (secondary N) is 4. The third kappa shape index (κ3) is 9.17. The Balaban J connectivity index is 1.10. The van der Waals surface area contributed by atoms with Crippen molar-refractivity contribution < 1.29 is 35.9 Å². The lowest BCUT2D eigenvalue weighted by Gasteiger charge is -2.15. The van der Waals surface area contributed by atoms with E-state index in [1.54, 1.807) is 60.7 Å². The SMILES string of the molecule is COc1cc(-c2ccc(NC(=O)c3ccc(NS(=O)(=O)c4ccc(C)cc4)cc3)c(OC)c2)ccc1NC(=O)c1ccc(NS(=O)(=O)c2ccc(C)cc2)cc1. The van der Waals surface area contributed by atoms with Crippen LogP contribution in [0, 0.1) is 13.8 Å². The van der Waals surface area contributed by atoms with Crippen LogP contribution in [0.25, 0.3) is 11.1 Å². The van der Waals surface area contributed by atoms with Crippen molar-refractivity contribution in [2.24, 2.45) is 0 Å². The van der Waals surface area contributed by atoms with E-state index in [0.29, 0.717) is 45.4 Å². The maximum absolute atomic E-state index is 13.1. The number of aryl methyl sites for hydroxylation is 2. The van der Waals surface area contributed by atoms with Gasteiger partial charge in [0.2, 0.25) is 0 Å². The van der Waals surface area contributed by atoms with Crippen molar-refractivity contribution in [3.63, 3.8) is 0 Å². The summed E-state index contributed by atoms with van der Waals surface area (Å²) in [5.74, 6) is -0.0774. The van der Waals surface area contributed by atoms with E-state index < -0.39 is 31.9 Å². The second kappa shape index (κ2) is 16.4. The van der Waals surface area contributed by atoms with E-state index in [1.165, 1.54) is 87.0 Å². The molecule has 14 heteroatoms. The fraction of sp³-hybridized carbons (Fsp3) is 0.0952. The molecule has 0 unspecified atom stereocenters. The van der Waals surface area contributed by atoms with Crippen LogP contribution in [0.4, 0.5) is 22.7 Å². The second-order valence-corrected chi connectivity index (χ2v) is 16.1. The first-order valence-electron chi connectivity index (χ1n) is 17.1. The van der Waals surface area contributed by atoms with Crippen LogP contribution in [0.5, 0.6) is 11.5 Å². The maximum atomic E-state index is 13.1. The number of amides is 2. The molecule has 0 aromatic heterocycles. The van der Waals surface area contributed by atoms with E-state index >= 15 is 0 Å². The third-order valence-corrected chi connectivity index (χ3v) is 11.5. The van der Waals surface area contributed by atoms with Crippen molar-refractivity contribution in [3.8, 4) is 22.6 Å². The van der Waals surface area contributed by atoms with Crippen molar-refractivity contribution >= 4 is 54.6 Å². The Labute approximate surface area is 325 Å². The highest BCUT2D eigenvalue weighted by Gasteiger charge is 2.18. The molecule has 0 aliphatic rings. The highest BCUT2D eigenvalue weighted by atomic mass is 32.2. The first kappa shape index (κ1) is 39.1. The summed E-state index contributed by atoms with van der Waals surface area (Å²) < 4.78 is 67.3. The lowest BCUT2D eigenvalue weighted by atomic mass is 10.0. The highest BCUT2D eigenvalue weighted by molar-refractivity contribution is 7.93. The van der Waals surface area contributed by atoms with Crippen LogP contribution < -0.4 is 29.6 Å². The maximum Gasteiger partial charge on any atom is 0.261 e. The molecule has 0 saturated heterocycles. The minimum Gasteiger partial charge on any atom is -0.495 e. The summed E-state index contributed by atoms with van der Waals surface area (Å²) in [5, 5.41) is 5.68. The zero-order chi connectivity index (χ0) is 40.0. The van der Waals surface area contributed by atoms with Crippen molar-refractivity contribution in [2.45, 2.75) is 23.6 Å². The van der Waals surface area contributed by atoms with Gasteiger partial charge in [0.1, 0.15) is 11.5 Å². The molecule has 0 saturated carbocycles. The van der Waals surface area contributed by atoms with E-state index in [4.69, 9.17) is 9.47 Å². The van der Waals surface area contributed by atoms with Crippen LogP contribution in [0.1, 0.15) is 31.8 Å². The van der Waals surface area contributed by atoms with Gasteiger partial charge in [-0.2, -0.15) is 0 Å². The van der Waals surface area contributed by atoms with Crippen molar-refractivity contribution in [1.29, 1.82) is 0 Å². The summed E-state index contributed by atoms with van der Waals surface area (Å²) in [7, 11) is -4.63. The molecule has 6 aromatic carbocycles. The van der Waals surface area contributed by atoms with Crippen molar-refractivity contribution in [1.82, 2.24) is 0 Å². The molecule has 56 heavy (non-hydrogen) atoms. The molecular weight excluding hydrogens is 753 g/mol. The van der Waals surface area contributed by atoms with E-state index in [9.17, 15) is 26.4 Å². The summed E-state index contributed by atoms with van der Waals surface area (Å²) in [6.45, 7) is 3.74. The predicted molar refractivity (Wildman–Crippen MR) is 218 cm³/mol. The molecule has 0 aliphatic heterocycles. The molecular formula is C42H38N4O8S2. The molecule has 0 radical (unpaired) electrons. The van der Waals surface area contributed by atoms with Crippen LogP contribution in [0.3, 0.4) is 0 Å². The zero-order valence-electron chi connectivity index (χ0n) is 30.8. The largest absolute Gasteiger partial charge is 0.495 e. The lowest BCUT2D eigenvalue weighted by Crippen LogP contribution is -2.14. The molecule has 6 aromatic rings. The number of carbonyl (C=O) groups is 2. The molecule has 0 aliphatic carbocycles. The summed E-state index contributed by atoms with van der Waals surface area (Å²) in [5.41, 5.74) is 5.40. The molecule has 6 rings (SSSR count). The summed E-state index contributed by atoms with van der Waals surface area (Å²) in [6.07, 6.45) is 0. The van der Waals surface area contributed by atoms with Gasteiger partial charge in [-0.25, -0.2) is 16.8 Å². The second-order valence-electron chi connectivity index (χ2n) is 12.7. The topological polar surface area (TPSA) is 169 Å². The third-order valence-electron chi connectivity index (χ3n) is 8.69. The Kier molecular flexibility index (Phi) is 11.4. The van der Waals surface area contributed by atoms with E-state index in [-0.39, 0.29) is 9.79 Å².